The molecule has 0 spiro atoms. The van der Waals surface area contributed by atoms with Crippen LogP contribution in [0.5, 0.6) is 0 Å². The van der Waals surface area contributed by atoms with E-state index < -0.39 is 0 Å². The number of carbonyl (C=O) groups is 1. The van der Waals surface area contributed by atoms with Crippen LogP contribution in [-0.2, 0) is 4.79 Å². The number of carbonyl (C=O) groups excluding carboxylic acids is 1. The Morgan fingerprint density at radius 1 is 1.60 bits per heavy atom. The fourth-order valence-corrected chi connectivity index (χ4v) is 2.51. The summed E-state index contributed by atoms with van der Waals surface area (Å²) in [6, 6.07) is 6.13. The molecule has 1 aromatic carbocycles. The number of benzene rings is 1. The normalized spacial score (nSPS) is 19.2. The minimum absolute atomic E-state index is 0.0304. The Labute approximate surface area is 103 Å². The molecule has 2 nitrogen and oxygen atoms in total. The third-order valence-electron chi connectivity index (χ3n) is 2.76. The maximum Gasteiger partial charge on any atom is 0.234 e. The molecule has 0 aliphatic carbocycles. The van der Waals surface area contributed by atoms with Crippen molar-refractivity contribution in [2.45, 2.75) is 12.3 Å². The number of fused-ring (bicyclic) bond motifs is 1. The highest BCUT2D eigenvalue weighted by molar-refractivity contribution is 14.1. The van der Waals surface area contributed by atoms with Crippen LogP contribution in [0.3, 0.4) is 0 Å². The number of likely N-dealkylation sites (N-methyl/N-ethyl adjacent to an activating group) is 1. The Hall–Kier alpha value is -0.840. The molecule has 0 bridgehead atoms. The number of hydrogen-bond acceptors (Lipinski definition) is 1. The van der Waals surface area contributed by atoms with E-state index in [1.54, 1.807) is 4.90 Å². The van der Waals surface area contributed by atoms with E-state index in [-0.39, 0.29) is 11.8 Å². The molecule has 0 N–H and O–H groups in total. The minimum atomic E-state index is -0.0304. The summed E-state index contributed by atoms with van der Waals surface area (Å²) in [5.41, 5.74) is 2.17. The number of halogens is 1. The first kappa shape index (κ1) is 10.7. The van der Waals surface area contributed by atoms with Crippen molar-refractivity contribution in [1.82, 2.24) is 0 Å². The fourth-order valence-electron chi connectivity index (χ4n) is 1.99. The summed E-state index contributed by atoms with van der Waals surface area (Å²) in [4.78, 5) is 13.7. The Kier molecular flexibility index (Phi) is 2.82. The largest absolute Gasteiger partial charge is 0.315 e. The monoisotopic (exact) mass is 313 g/mol. The highest BCUT2D eigenvalue weighted by Crippen LogP contribution is 2.39. The molecule has 1 aliphatic rings. The van der Waals surface area contributed by atoms with E-state index in [1.165, 1.54) is 3.57 Å². The van der Waals surface area contributed by atoms with Gasteiger partial charge in [0.2, 0.25) is 5.91 Å². The second kappa shape index (κ2) is 3.96. The summed E-state index contributed by atoms with van der Waals surface area (Å²) >= 11 is 2.27. The summed E-state index contributed by atoms with van der Waals surface area (Å²) in [5.74, 6) is 0.143. The van der Waals surface area contributed by atoms with Gasteiger partial charge in [-0.3, -0.25) is 4.79 Å². The van der Waals surface area contributed by atoms with Crippen molar-refractivity contribution in [3.05, 3.63) is 40.0 Å². The summed E-state index contributed by atoms with van der Waals surface area (Å²) < 4.78 is 1.17. The molecule has 1 atom stereocenters. The van der Waals surface area contributed by atoms with Gasteiger partial charge in [0.05, 0.1) is 5.92 Å². The van der Waals surface area contributed by atoms with E-state index >= 15 is 0 Å². The van der Waals surface area contributed by atoms with Crippen molar-refractivity contribution in [1.29, 1.82) is 0 Å². The second-order valence-corrected chi connectivity index (χ2v) is 4.92. The Bertz CT molecular complexity index is 428. The molecule has 2 rings (SSSR count). The summed E-state index contributed by atoms with van der Waals surface area (Å²) in [6.45, 7) is 3.71. The van der Waals surface area contributed by atoms with Crippen LogP contribution in [0.1, 0.15) is 17.9 Å². The van der Waals surface area contributed by atoms with Gasteiger partial charge < -0.3 is 4.90 Å². The van der Waals surface area contributed by atoms with Gasteiger partial charge >= 0.3 is 0 Å². The van der Waals surface area contributed by atoms with Crippen LogP contribution in [-0.4, -0.2) is 13.0 Å². The summed E-state index contributed by atoms with van der Waals surface area (Å²) in [5, 5.41) is 0. The maximum atomic E-state index is 11.9. The molecule has 0 aromatic heterocycles. The van der Waals surface area contributed by atoms with Crippen LogP contribution in [0.2, 0.25) is 0 Å². The van der Waals surface area contributed by atoms with Crippen LogP contribution in [0.15, 0.2) is 30.9 Å². The zero-order valence-corrected chi connectivity index (χ0v) is 10.7. The zero-order valence-electron chi connectivity index (χ0n) is 8.53. The Morgan fingerprint density at radius 2 is 2.33 bits per heavy atom. The SMILES string of the molecule is C=CCC1C(=O)N(C)c2ccc(I)cc21. The van der Waals surface area contributed by atoms with Gasteiger partial charge in [0.1, 0.15) is 0 Å². The van der Waals surface area contributed by atoms with Crippen molar-refractivity contribution in [2.75, 3.05) is 11.9 Å². The average molecular weight is 313 g/mol. The summed E-state index contributed by atoms with van der Waals surface area (Å²) in [6.07, 6.45) is 2.53. The van der Waals surface area contributed by atoms with E-state index in [1.807, 2.05) is 25.3 Å². The lowest BCUT2D eigenvalue weighted by atomic mass is 9.97. The van der Waals surface area contributed by atoms with Gasteiger partial charge in [-0.2, -0.15) is 0 Å². The topological polar surface area (TPSA) is 20.3 Å². The molecule has 1 aromatic rings. The van der Waals surface area contributed by atoms with Crippen molar-refractivity contribution >= 4 is 34.2 Å². The van der Waals surface area contributed by atoms with Gasteiger partial charge in [0.15, 0.2) is 0 Å². The van der Waals surface area contributed by atoms with Gasteiger partial charge in [0, 0.05) is 16.3 Å². The molecular formula is C12H12INO. The first-order valence-corrected chi connectivity index (χ1v) is 5.91. The predicted molar refractivity (Wildman–Crippen MR) is 70.1 cm³/mol. The van der Waals surface area contributed by atoms with Gasteiger partial charge in [-0.05, 0) is 52.8 Å². The van der Waals surface area contributed by atoms with Crippen molar-refractivity contribution < 1.29 is 4.79 Å². The molecule has 3 heteroatoms. The van der Waals surface area contributed by atoms with Crippen molar-refractivity contribution in [3.8, 4) is 0 Å². The first-order chi connectivity index (χ1) is 7.15. The number of hydrogen-bond donors (Lipinski definition) is 0. The molecule has 1 heterocycles. The van der Waals surface area contributed by atoms with Crippen molar-refractivity contribution in [2.24, 2.45) is 0 Å². The third-order valence-corrected chi connectivity index (χ3v) is 3.43. The predicted octanol–water partition coefficient (Wildman–Crippen LogP) is 2.93. The third kappa shape index (κ3) is 1.69. The number of allylic oxidation sites excluding steroid dienone is 1. The smallest absolute Gasteiger partial charge is 0.234 e. The summed E-state index contributed by atoms with van der Waals surface area (Å²) in [7, 11) is 1.83. The molecule has 78 valence electrons. The average Bonchev–Trinajstić information content (AvgIpc) is 2.44. The number of anilines is 1. The van der Waals surface area contributed by atoms with E-state index in [4.69, 9.17) is 0 Å². The molecule has 0 saturated carbocycles. The van der Waals surface area contributed by atoms with E-state index in [0.29, 0.717) is 0 Å². The highest BCUT2D eigenvalue weighted by Gasteiger charge is 2.33. The molecule has 1 amide bonds. The van der Waals surface area contributed by atoms with Gasteiger partial charge in [0.25, 0.3) is 0 Å². The van der Waals surface area contributed by atoms with E-state index in [9.17, 15) is 4.79 Å². The molecular weight excluding hydrogens is 301 g/mol. The van der Waals surface area contributed by atoms with Crippen LogP contribution in [0, 0.1) is 3.57 Å². The Morgan fingerprint density at radius 3 is 3.00 bits per heavy atom. The van der Waals surface area contributed by atoms with Crippen LogP contribution >= 0.6 is 22.6 Å². The van der Waals surface area contributed by atoms with Gasteiger partial charge in [-0.25, -0.2) is 0 Å². The van der Waals surface area contributed by atoms with Gasteiger partial charge in [-0.1, -0.05) is 6.08 Å². The first-order valence-electron chi connectivity index (χ1n) is 4.83. The van der Waals surface area contributed by atoms with E-state index in [0.717, 1.165) is 17.7 Å². The van der Waals surface area contributed by atoms with E-state index in [2.05, 4.69) is 35.2 Å². The Balaban J connectivity index is 2.51. The molecule has 0 saturated heterocycles. The lowest BCUT2D eigenvalue weighted by Gasteiger charge is -2.09. The molecule has 0 fully saturated rings. The minimum Gasteiger partial charge on any atom is -0.315 e. The molecule has 15 heavy (non-hydrogen) atoms. The number of nitrogens with zero attached hydrogens (tertiary/aromatic N) is 1. The zero-order chi connectivity index (χ0) is 11.0. The standard InChI is InChI=1S/C12H12INO/c1-3-4-9-10-7-8(13)5-6-11(10)14(2)12(9)15/h3,5-7,9H,1,4H2,2H3. The quantitative estimate of drug-likeness (QED) is 0.607. The maximum absolute atomic E-state index is 11.9. The lowest BCUT2D eigenvalue weighted by Crippen LogP contribution is -2.23. The molecule has 1 aliphatic heterocycles. The number of rotatable bonds is 2. The molecule has 1 unspecified atom stereocenters. The fraction of sp³-hybridized carbons (Fsp3) is 0.250. The van der Waals surface area contributed by atoms with Crippen LogP contribution in [0.25, 0.3) is 0 Å². The molecule has 0 radical (unpaired) electrons. The van der Waals surface area contributed by atoms with Crippen LogP contribution in [0.4, 0.5) is 5.69 Å². The highest BCUT2D eigenvalue weighted by atomic mass is 127. The number of amides is 1. The second-order valence-electron chi connectivity index (χ2n) is 3.68. The van der Waals surface area contributed by atoms with Gasteiger partial charge in [-0.15, -0.1) is 6.58 Å². The lowest BCUT2D eigenvalue weighted by molar-refractivity contribution is -0.118. The van der Waals surface area contributed by atoms with Crippen molar-refractivity contribution in [3.63, 3.8) is 0 Å². The van der Waals surface area contributed by atoms with Crippen LogP contribution < -0.4 is 4.90 Å².